The molecule has 168 valence electrons. The molecule has 0 saturated heterocycles. The molecule has 0 aromatic carbocycles. The predicted molar refractivity (Wildman–Crippen MR) is 107 cm³/mol. The summed E-state index contributed by atoms with van der Waals surface area (Å²) in [6.07, 6.45) is -2.80. The van der Waals surface area contributed by atoms with E-state index in [0.717, 1.165) is 0 Å². The molecular weight excluding hydrogens is 392 g/mol. The van der Waals surface area contributed by atoms with Gasteiger partial charge in [0.05, 0.1) is 6.61 Å². The maximum absolute atomic E-state index is 12.7. The van der Waals surface area contributed by atoms with Crippen molar-refractivity contribution in [3.63, 3.8) is 0 Å². The molecule has 1 fully saturated rings. The van der Waals surface area contributed by atoms with Gasteiger partial charge in [-0.05, 0) is 32.3 Å². The van der Waals surface area contributed by atoms with Gasteiger partial charge in [0, 0.05) is 31.3 Å². The zero-order valence-electron chi connectivity index (χ0n) is 18.7. The van der Waals surface area contributed by atoms with E-state index in [1.165, 1.54) is 20.8 Å². The van der Waals surface area contributed by atoms with E-state index in [9.17, 15) is 19.5 Å². The third kappa shape index (κ3) is 4.24. The summed E-state index contributed by atoms with van der Waals surface area (Å²) in [5.41, 5.74) is -0.915. The Kier molecular flexibility index (Phi) is 7.01. The summed E-state index contributed by atoms with van der Waals surface area (Å²) in [5.74, 6) is -3.04. The summed E-state index contributed by atoms with van der Waals surface area (Å²) in [6, 6.07) is 0. The minimum atomic E-state index is -1.84. The van der Waals surface area contributed by atoms with E-state index < -0.39 is 53.7 Å². The van der Waals surface area contributed by atoms with Crippen molar-refractivity contribution < 1.29 is 38.4 Å². The molecule has 1 saturated carbocycles. The molecule has 1 N–H and O–H groups in total. The highest BCUT2D eigenvalue weighted by atomic mass is 16.6. The predicted octanol–water partition coefficient (Wildman–Crippen LogP) is 2.29. The standard InChI is InChI=1S/C22H32O8/c1-9-27-21(25)19-16-15(17(30-19)11(4)5)14(10(2)3)18(28-12(6)23)20(22(16,8)26)29-13(7)24/h10,14-15,17-18,20,26H,4,9H2,1-3,5-8H3/t14-,15-,17+,18+,20+,22+/m1/s1. The van der Waals surface area contributed by atoms with Gasteiger partial charge < -0.3 is 24.1 Å². The number of esters is 3. The van der Waals surface area contributed by atoms with Crippen LogP contribution in [0.15, 0.2) is 23.5 Å². The Morgan fingerprint density at radius 2 is 1.73 bits per heavy atom. The normalized spacial score (nSPS) is 32.9. The van der Waals surface area contributed by atoms with E-state index >= 15 is 0 Å². The van der Waals surface area contributed by atoms with Crippen LogP contribution in [0.2, 0.25) is 0 Å². The number of hydrogen-bond donors (Lipinski definition) is 1. The molecule has 6 atom stereocenters. The van der Waals surface area contributed by atoms with Crippen molar-refractivity contribution in [2.75, 3.05) is 6.61 Å². The first-order valence-electron chi connectivity index (χ1n) is 10.1. The van der Waals surface area contributed by atoms with Crippen LogP contribution in [-0.2, 0) is 33.3 Å². The Morgan fingerprint density at radius 3 is 2.17 bits per heavy atom. The Labute approximate surface area is 177 Å². The van der Waals surface area contributed by atoms with Crippen LogP contribution in [0.5, 0.6) is 0 Å². The third-order valence-corrected chi connectivity index (χ3v) is 5.65. The van der Waals surface area contributed by atoms with E-state index in [1.807, 2.05) is 13.8 Å². The molecule has 8 heteroatoms. The fourth-order valence-electron chi connectivity index (χ4n) is 4.66. The molecule has 0 amide bonds. The second kappa shape index (κ2) is 8.79. The molecule has 0 aromatic heterocycles. The van der Waals surface area contributed by atoms with E-state index in [0.29, 0.717) is 5.57 Å². The maximum atomic E-state index is 12.7. The molecule has 0 radical (unpaired) electrons. The van der Waals surface area contributed by atoms with Gasteiger partial charge in [-0.1, -0.05) is 20.4 Å². The average Bonchev–Trinajstić information content (AvgIpc) is 2.99. The monoisotopic (exact) mass is 424 g/mol. The largest absolute Gasteiger partial charge is 0.478 e. The van der Waals surface area contributed by atoms with E-state index in [-0.39, 0.29) is 23.9 Å². The van der Waals surface area contributed by atoms with Crippen LogP contribution in [0.25, 0.3) is 0 Å². The van der Waals surface area contributed by atoms with Crippen molar-refractivity contribution >= 4 is 17.9 Å². The van der Waals surface area contributed by atoms with Crippen molar-refractivity contribution in [3.05, 3.63) is 23.5 Å². The molecule has 0 unspecified atom stereocenters. The molecular formula is C22H32O8. The van der Waals surface area contributed by atoms with Gasteiger partial charge in [-0.25, -0.2) is 4.79 Å². The number of ether oxygens (including phenoxy) is 4. The van der Waals surface area contributed by atoms with Gasteiger partial charge in [0.25, 0.3) is 0 Å². The van der Waals surface area contributed by atoms with Crippen LogP contribution in [-0.4, -0.2) is 53.5 Å². The summed E-state index contributed by atoms with van der Waals surface area (Å²) in [4.78, 5) is 36.5. The molecule has 1 aliphatic heterocycles. The highest BCUT2D eigenvalue weighted by Gasteiger charge is 2.64. The van der Waals surface area contributed by atoms with Crippen LogP contribution < -0.4 is 0 Å². The lowest BCUT2D eigenvalue weighted by atomic mass is 9.60. The van der Waals surface area contributed by atoms with Crippen molar-refractivity contribution in [1.29, 1.82) is 0 Å². The number of carbonyl (C=O) groups is 3. The fourth-order valence-corrected chi connectivity index (χ4v) is 4.66. The van der Waals surface area contributed by atoms with E-state index in [2.05, 4.69) is 6.58 Å². The quantitative estimate of drug-likeness (QED) is 0.393. The second-order valence-electron chi connectivity index (χ2n) is 8.45. The fraction of sp³-hybridized carbons (Fsp3) is 0.682. The summed E-state index contributed by atoms with van der Waals surface area (Å²) in [7, 11) is 0. The molecule has 8 nitrogen and oxygen atoms in total. The van der Waals surface area contributed by atoms with Crippen LogP contribution in [0.3, 0.4) is 0 Å². The van der Waals surface area contributed by atoms with Gasteiger partial charge >= 0.3 is 17.9 Å². The summed E-state index contributed by atoms with van der Waals surface area (Å²) in [5, 5.41) is 11.6. The van der Waals surface area contributed by atoms with Crippen molar-refractivity contribution in [2.24, 2.45) is 17.8 Å². The minimum absolute atomic E-state index is 0.0736. The zero-order chi connectivity index (χ0) is 23.0. The smallest absolute Gasteiger partial charge is 0.373 e. The Morgan fingerprint density at radius 1 is 1.17 bits per heavy atom. The van der Waals surface area contributed by atoms with E-state index in [4.69, 9.17) is 18.9 Å². The zero-order valence-corrected chi connectivity index (χ0v) is 18.7. The van der Waals surface area contributed by atoms with Crippen molar-refractivity contribution in [3.8, 4) is 0 Å². The van der Waals surface area contributed by atoms with Crippen LogP contribution in [0.1, 0.15) is 48.5 Å². The first kappa shape index (κ1) is 23.9. The maximum Gasteiger partial charge on any atom is 0.373 e. The number of carbonyl (C=O) groups excluding carboxylic acids is 3. The highest BCUT2D eigenvalue weighted by Crippen LogP contribution is 2.54. The average molecular weight is 424 g/mol. The van der Waals surface area contributed by atoms with Crippen LogP contribution >= 0.6 is 0 Å². The summed E-state index contributed by atoms with van der Waals surface area (Å²) >= 11 is 0. The van der Waals surface area contributed by atoms with Gasteiger partial charge in [-0.2, -0.15) is 0 Å². The van der Waals surface area contributed by atoms with Crippen molar-refractivity contribution in [2.45, 2.75) is 72.4 Å². The number of rotatable bonds is 6. The van der Waals surface area contributed by atoms with Gasteiger partial charge in [0.1, 0.15) is 17.8 Å². The minimum Gasteiger partial charge on any atom is -0.478 e. The lowest BCUT2D eigenvalue weighted by molar-refractivity contribution is -0.205. The van der Waals surface area contributed by atoms with Gasteiger partial charge in [0.15, 0.2) is 6.10 Å². The molecule has 1 aliphatic carbocycles. The number of aliphatic hydroxyl groups is 1. The summed E-state index contributed by atoms with van der Waals surface area (Å²) < 4.78 is 22.2. The van der Waals surface area contributed by atoms with Crippen molar-refractivity contribution in [1.82, 2.24) is 0 Å². The third-order valence-electron chi connectivity index (χ3n) is 5.65. The van der Waals surface area contributed by atoms with Gasteiger partial charge in [-0.3, -0.25) is 9.59 Å². The number of hydrogen-bond acceptors (Lipinski definition) is 8. The van der Waals surface area contributed by atoms with Gasteiger partial charge in [-0.15, -0.1) is 0 Å². The van der Waals surface area contributed by atoms with Crippen LogP contribution in [0, 0.1) is 17.8 Å². The molecule has 0 aromatic rings. The molecule has 2 aliphatic rings. The Hall–Kier alpha value is -2.35. The van der Waals surface area contributed by atoms with Crippen LogP contribution in [0.4, 0.5) is 0 Å². The SMILES string of the molecule is C=C(C)[C@@H]1OC(C(=O)OCC)=C2[C@H]1[C@@H](C(C)C)[C@H](OC(C)=O)[C@H](OC(C)=O)[C@@]2(C)O. The lowest BCUT2D eigenvalue weighted by Gasteiger charge is -2.50. The first-order chi connectivity index (χ1) is 13.8. The molecule has 30 heavy (non-hydrogen) atoms. The Balaban J connectivity index is 2.77. The molecule has 0 bridgehead atoms. The first-order valence-corrected chi connectivity index (χ1v) is 10.1. The van der Waals surface area contributed by atoms with E-state index in [1.54, 1.807) is 13.8 Å². The molecule has 0 spiro atoms. The topological polar surface area (TPSA) is 108 Å². The lowest BCUT2D eigenvalue weighted by Crippen LogP contribution is -2.63. The summed E-state index contributed by atoms with van der Waals surface area (Å²) in [6.45, 7) is 15.3. The number of fused-ring (bicyclic) bond motifs is 1. The highest BCUT2D eigenvalue weighted by molar-refractivity contribution is 5.88. The Bertz CT molecular complexity index is 763. The molecule has 2 rings (SSSR count). The van der Waals surface area contributed by atoms with Gasteiger partial charge in [0.2, 0.25) is 5.76 Å². The molecule has 1 heterocycles. The second-order valence-corrected chi connectivity index (χ2v) is 8.45.